The maximum atomic E-state index is 5.59. The van der Waals surface area contributed by atoms with Gasteiger partial charge in [-0.2, -0.15) is 0 Å². The lowest BCUT2D eigenvalue weighted by molar-refractivity contribution is 0.303. The van der Waals surface area contributed by atoms with E-state index in [1.807, 2.05) is 0 Å². The van der Waals surface area contributed by atoms with Crippen LogP contribution in [0.5, 0.6) is 11.5 Å². The molecule has 0 saturated heterocycles. The van der Waals surface area contributed by atoms with E-state index in [9.17, 15) is 0 Å². The Bertz CT molecular complexity index is 276. The van der Waals surface area contributed by atoms with Crippen molar-refractivity contribution in [2.75, 3.05) is 26.0 Å². The summed E-state index contributed by atoms with van der Waals surface area (Å²) in [6.45, 7) is 0.928. The molecule has 72 valence electrons. The van der Waals surface area contributed by atoms with E-state index in [-0.39, 0.29) is 0 Å². The molecule has 1 rings (SSSR count). The quantitative estimate of drug-likeness (QED) is 0.669. The molecule has 1 aromatic rings. The molecular weight excluding hydrogens is 168 g/mol. The Morgan fingerprint density at radius 2 is 2.08 bits per heavy atom. The highest BCUT2D eigenvalue weighted by atomic mass is 16.5. The average molecular weight is 182 g/mol. The largest absolute Gasteiger partial charge is 0.493 e. The van der Waals surface area contributed by atoms with Gasteiger partial charge in [-0.05, 0) is 12.1 Å². The van der Waals surface area contributed by atoms with Crippen molar-refractivity contribution in [2.45, 2.75) is 0 Å². The summed E-state index contributed by atoms with van der Waals surface area (Å²) in [6, 6.07) is 5.24. The predicted octanol–water partition coefficient (Wildman–Crippen LogP) is 0.615. The Labute approximate surface area is 77.4 Å². The molecule has 0 spiro atoms. The zero-order chi connectivity index (χ0) is 9.68. The molecule has 0 bridgehead atoms. The third-order valence-electron chi connectivity index (χ3n) is 1.56. The van der Waals surface area contributed by atoms with Crippen molar-refractivity contribution < 1.29 is 9.47 Å². The molecule has 1 aromatic carbocycles. The first-order valence-corrected chi connectivity index (χ1v) is 4.04. The van der Waals surface area contributed by atoms with E-state index in [0.717, 1.165) is 0 Å². The molecule has 4 heteroatoms. The van der Waals surface area contributed by atoms with E-state index in [0.29, 0.717) is 30.3 Å². The number of hydrogen-bond acceptors (Lipinski definition) is 4. The molecule has 13 heavy (non-hydrogen) atoms. The standard InChI is InChI=1S/C9H14N2O2/c1-12-8-3-2-7(11)6-9(8)13-5-4-10/h2-3,6H,4-5,10-11H2,1H3. The fraction of sp³-hybridized carbons (Fsp3) is 0.333. The molecule has 0 aliphatic carbocycles. The second-order valence-electron chi connectivity index (χ2n) is 2.55. The first-order valence-electron chi connectivity index (χ1n) is 4.04. The van der Waals surface area contributed by atoms with Crippen molar-refractivity contribution in [1.29, 1.82) is 0 Å². The Hall–Kier alpha value is -1.42. The molecule has 4 nitrogen and oxygen atoms in total. The summed E-state index contributed by atoms with van der Waals surface area (Å²) in [4.78, 5) is 0. The minimum absolute atomic E-state index is 0.458. The number of hydrogen-bond donors (Lipinski definition) is 2. The average Bonchev–Trinajstić information content (AvgIpc) is 2.15. The normalized spacial score (nSPS) is 9.69. The number of anilines is 1. The smallest absolute Gasteiger partial charge is 0.163 e. The summed E-state index contributed by atoms with van der Waals surface area (Å²) in [6.07, 6.45) is 0. The molecule has 0 aliphatic rings. The summed E-state index contributed by atoms with van der Waals surface area (Å²) in [7, 11) is 1.58. The van der Waals surface area contributed by atoms with Crippen LogP contribution >= 0.6 is 0 Å². The van der Waals surface area contributed by atoms with Crippen molar-refractivity contribution in [3.8, 4) is 11.5 Å². The third-order valence-corrected chi connectivity index (χ3v) is 1.56. The maximum Gasteiger partial charge on any atom is 0.163 e. The van der Waals surface area contributed by atoms with Gasteiger partial charge in [-0.1, -0.05) is 0 Å². The van der Waals surface area contributed by atoms with E-state index >= 15 is 0 Å². The zero-order valence-corrected chi connectivity index (χ0v) is 7.62. The van der Waals surface area contributed by atoms with Crippen LogP contribution < -0.4 is 20.9 Å². The summed E-state index contributed by atoms with van der Waals surface area (Å²) >= 11 is 0. The van der Waals surface area contributed by atoms with Gasteiger partial charge in [-0.25, -0.2) is 0 Å². The van der Waals surface area contributed by atoms with Crippen LogP contribution in [0.2, 0.25) is 0 Å². The first-order chi connectivity index (χ1) is 6.27. The van der Waals surface area contributed by atoms with E-state index in [4.69, 9.17) is 20.9 Å². The number of methoxy groups -OCH3 is 1. The maximum absolute atomic E-state index is 5.59. The van der Waals surface area contributed by atoms with Gasteiger partial charge in [0, 0.05) is 18.3 Å². The minimum atomic E-state index is 0.458. The fourth-order valence-corrected chi connectivity index (χ4v) is 0.975. The fourth-order valence-electron chi connectivity index (χ4n) is 0.975. The summed E-state index contributed by atoms with van der Waals surface area (Å²) in [5.41, 5.74) is 11.5. The molecule has 0 atom stereocenters. The van der Waals surface area contributed by atoms with Crippen molar-refractivity contribution in [2.24, 2.45) is 5.73 Å². The van der Waals surface area contributed by atoms with Gasteiger partial charge in [0.25, 0.3) is 0 Å². The van der Waals surface area contributed by atoms with Crippen molar-refractivity contribution >= 4 is 5.69 Å². The Morgan fingerprint density at radius 3 is 2.69 bits per heavy atom. The Balaban J connectivity index is 2.81. The van der Waals surface area contributed by atoms with Crippen LogP contribution in [0.1, 0.15) is 0 Å². The van der Waals surface area contributed by atoms with Crippen molar-refractivity contribution in [3.05, 3.63) is 18.2 Å². The number of nitrogen functional groups attached to an aromatic ring is 1. The molecule has 0 amide bonds. The van der Waals surface area contributed by atoms with Crippen molar-refractivity contribution in [3.63, 3.8) is 0 Å². The van der Waals surface area contributed by atoms with Crippen LogP contribution in [0.4, 0.5) is 5.69 Å². The number of rotatable bonds is 4. The van der Waals surface area contributed by atoms with Crippen LogP contribution in [-0.2, 0) is 0 Å². The summed E-state index contributed by atoms with van der Waals surface area (Å²) in [5.74, 6) is 1.30. The lowest BCUT2D eigenvalue weighted by atomic mass is 10.3. The highest BCUT2D eigenvalue weighted by Gasteiger charge is 2.03. The van der Waals surface area contributed by atoms with Crippen LogP contribution in [0.3, 0.4) is 0 Å². The van der Waals surface area contributed by atoms with Gasteiger partial charge in [0.15, 0.2) is 11.5 Å². The highest BCUT2D eigenvalue weighted by molar-refractivity contribution is 5.51. The monoisotopic (exact) mass is 182 g/mol. The molecule has 0 unspecified atom stereocenters. The predicted molar refractivity (Wildman–Crippen MR) is 52.0 cm³/mol. The molecule has 0 fully saturated rings. The summed E-state index contributed by atoms with van der Waals surface area (Å²) in [5, 5.41) is 0. The topological polar surface area (TPSA) is 70.5 Å². The summed E-state index contributed by atoms with van der Waals surface area (Å²) < 4.78 is 10.4. The Morgan fingerprint density at radius 1 is 1.31 bits per heavy atom. The van der Waals surface area contributed by atoms with Crippen LogP contribution in [0.25, 0.3) is 0 Å². The number of benzene rings is 1. The first kappa shape index (κ1) is 9.67. The Kier molecular flexibility index (Phi) is 3.40. The molecule has 0 aliphatic heterocycles. The minimum Gasteiger partial charge on any atom is -0.493 e. The molecule has 4 N–H and O–H groups in total. The number of ether oxygens (including phenoxy) is 2. The van der Waals surface area contributed by atoms with Gasteiger partial charge < -0.3 is 20.9 Å². The molecular formula is C9H14N2O2. The van der Waals surface area contributed by atoms with Crippen molar-refractivity contribution in [1.82, 2.24) is 0 Å². The van der Waals surface area contributed by atoms with Crippen LogP contribution in [-0.4, -0.2) is 20.3 Å². The van der Waals surface area contributed by atoms with Crippen LogP contribution in [0, 0.1) is 0 Å². The van der Waals surface area contributed by atoms with Gasteiger partial charge in [-0.3, -0.25) is 0 Å². The van der Waals surface area contributed by atoms with Gasteiger partial charge in [0.2, 0.25) is 0 Å². The van der Waals surface area contributed by atoms with Gasteiger partial charge in [-0.15, -0.1) is 0 Å². The van der Waals surface area contributed by atoms with Crippen LogP contribution in [0.15, 0.2) is 18.2 Å². The molecule has 0 aromatic heterocycles. The third kappa shape index (κ3) is 2.52. The van der Waals surface area contributed by atoms with E-state index in [2.05, 4.69) is 0 Å². The number of nitrogens with two attached hydrogens (primary N) is 2. The van der Waals surface area contributed by atoms with Gasteiger partial charge in [0.05, 0.1) is 7.11 Å². The highest BCUT2D eigenvalue weighted by Crippen LogP contribution is 2.28. The lowest BCUT2D eigenvalue weighted by Crippen LogP contribution is -2.11. The SMILES string of the molecule is COc1ccc(N)cc1OCCN. The van der Waals surface area contributed by atoms with Gasteiger partial charge in [0.1, 0.15) is 6.61 Å². The lowest BCUT2D eigenvalue weighted by Gasteiger charge is -2.09. The second kappa shape index (κ2) is 4.57. The van der Waals surface area contributed by atoms with E-state index in [1.165, 1.54) is 0 Å². The van der Waals surface area contributed by atoms with Gasteiger partial charge >= 0.3 is 0 Å². The van der Waals surface area contributed by atoms with E-state index < -0.39 is 0 Å². The zero-order valence-electron chi connectivity index (χ0n) is 7.62. The molecule has 0 saturated carbocycles. The molecule has 0 radical (unpaired) electrons. The van der Waals surface area contributed by atoms with E-state index in [1.54, 1.807) is 25.3 Å². The second-order valence-corrected chi connectivity index (χ2v) is 2.55. The molecule has 0 heterocycles.